The summed E-state index contributed by atoms with van der Waals surface area (Å²) in [5.74, 6) is 0. The molecular weight excluding hydrogens is 821 g/mol. The Labute approximate surface area is 397 Å². The summed E-state index contributed by atoms with van der Waals surface area (Å²) in [6, 6.07) is 86.9. The van der Waals surface area contributed by atoms with Crippen LogP contribution in [0.1, 0.15) is 25.0 Å². The number of hydrogen-bond acceptors (Lipinski definition) is 1. The molecule has 10 aromatic carbocycles. The number of nitrogens with zero attached hydrogens (tertiary/aromatic N) is 2. The van der Waals surface area contributed by atoms with Crippen molar-refractivity contribution < 1.29 is 0 Å². The Balaban J connectivity index is 1.07. The van der Waals surface area contributed by atoms with Gasteiger partial charge in [0.15, 0.2) is 0 Å². The van der Waals surface area contributed by atoms with Gasteiger partial charge in [0.1, 0.15) is 5.65 Å². The molecule has 2 heterocycles. The number of pyridine rings is 1. The standard InChI is InChI=1S/C66H46N2/c1-66(2)59-29-13-12-28-53(59)55-41-57-58(42-60(55)66)63(52-27-17-25-49(39-52)44-20-8-4-9-21-44)56-40-50(35-36-54(56)62(57)51-26-16-24-48(38-51)43-18-6-3-7-19-43)45-31-33-46(34-32-45)64-65(47-22-10-5-11-23-47)68-37-15-14-30-61(68)67-64/h3-42H,1-2H3. The van der Waals surface area contributed by atoms with E-state index in [1.807, 2.05) is 0 Å². The first-order valence-corrected chi connectivity index (χ1v) is 23.6. The maximum absolute atomic E-state index is 5.18. The van der Waals surface area contributed by atoms with Crippen LogP contribution in [0.2, 0.25) is 0 Å². The summed E-state index contributed by atoms with van der Waals surface area (Å²) in [6.45, 7) is 4.78. The lowest BCUT2D eigenvalue weighted by molar-refractivity contribution is 0.661. The van der Waals surface area contributed by atoms with Crippen molar-refractivity contribution in [1.82, 2.24) is 9.38 Å². The molecule has 0 amide bonds. The van der Waals surface area contributed by atoms with Crippen molar-refractivity contribution in [3.63, 3.8) is 0 Å². The van der Waals surface area contributed by atoms with Crippen LogP contribution in [0, 0.1) is 0 Å². The number of imidazole rings is 1. The maximum atomic E-state index is 5.18. The van der Waals surface area contributed by atoms with Crippen molar-refractivity contribution >= 4 is 27.2 Å². The fourth-order valence-corrected chi connectivity index (χ4v) is 11.1. The minimum atomic E-state index is -0.170. The molecule has 12 aromatic rings. The van der Waals surface area contributed by atoms with E-state index < -0.39 is 0 Å². The van der Waals surface area contributed by atoms with Gasteiger partial charge in [-0.25, -0.2) is 4.98 Å². The van der Waals surface area contributed by atoms with Crippen molar-refractivity contribution in [3.05, 3.63) is 254 Å². The van der Waals surface area contributed by atoms with Crippen LogP contribution in [0.5, 0.6) is 0 Å². The van der Waals surface area contributed by atoms with Gasteiger partial charge < -0.3 is 0 Å². The Bertz CT molecular complexity index is 3900. The average Bonchev–Trinajstić information content (AvgIpc) is 3.90. The molecule has 0 unspecified atom stereocenters. The molecular formula is C66H46N2. The van der Waals surface area contributed by atoms with Gasteiger partial charge in [-0.15, -0.1) is 0 Å². The predicted molar refractivity (Wildman–Crippen MR) is 286 cm³/mol. The summed E-state index contributed by atoms with van der Waals surface area (Å²) in [5.41, 5.74) is 22.5. The van der Waals surface area contributed by atoms with Crippen LogP contribution < -0.4 is 0 Å². The van der Waals surface area contributed by atoms with Crippen molar-refractivity contribution in [2.45, 2.75) is 19.3 Å². The van der Waals surface area contributed by atoms with Crippen molar-refractivity contribution in [2.24, 2.45) is 0 Å². The third-order valence-electron chi connectivity index (χ3n) is 14.4. The number of rotatable bonds is 7. The lowest BCUT2D eigenvalue weighted by Crippen LogP contribution is -2.14. The minimum Gasteiger partial charge on any atom is -0.299 e. The van der Waals surface area contributed by atoms with Gasteiger partial charge in [-0.3, -0.25) is 4.40 Å². The molecule has 0 atom stereocenters. The van der Waals surface area contributed by atoms with E-state index in [4.69, 9.17) is 4.98 Å². The highest BCUT2D eigenvalue weighted by atomic mass is 15.0. The van der Waals surface area contributed by atoms with Gasteiger partial charge in [0.05, 0.1) is 11.4 Å². The smallest absolute Gasteiger partial charge is 0.137 e. The molecule has 0 saturated carbocycles. The summed E-state index contributed by atoms with van der Waals surface area (Å²) in [5, 5.41) is 4.97. The van der Waals surface area contributed by atoms with E-state index in [9.17, 15) is 0 Å². The molecule has 0 bridgehead atoms. The largest absolute Gasteiger partial charge is 0.299 e. The van der Waals surface area contributed by atoms with E-state index in [-0.39, 0.29) is 5.41 Å². The van der Waals surface area contributed by atoms with Gasteiger partial charge >= 0.3 is 0 Å². The summed E-state index contributed by atoms with van der Waals surface area (Å²) < 4.78 is 2.20. The van der Waals surface area contributed by atoms with Gasteiger partial charge in [0, 0.05) is 22.7 Å². The Morgan fingerprint density at radius 1 is 0.324 bits per heavy atom. The quantitative estimate of drug-likeness (QED) is 0.146. The summed E-state index contributed by atoms with van der Waals surface area (Å²) in [6.07, 6.45) is 2.11. The fraction of sp³-hybridized carbons (Fsp3) is 0.0455. The molecule has 0 saturated heterocycles. The Hall–Kier alpha value is -8.59. The van der Waals surface area contributed by atoms with E-state index >= 15 is 0 Å². The number of aromatic nitrogens is 2. The third kappa shape index (κ3) is 6.44. The molecule has 1 aliphatic carbocycles. The monoisotopic (exact) mass is 866 g/mol. The average molecular weight is 867 g/mol. The zero-order chi connectivity index (χ0) is 45.3. The summed E-state index contributed by atoms with van der Waals surface area (Å²) in [4.78, 5) is 5.18. The predicted octanol–water partition coefficient (Wildman–Crippen LogP) is 17.6. The van der Waals surface area contributed by atoms with Gasteiger partial charge in [-0.05, 0) is 142 Å². The van der Waals surface area contributed by atoms with Crippen LogP contribution in [-0.2, 0) is 5.41 Å². The first-order chi connectivity index (χ1) is 33.5. The second-order valence-electron chi connectivity index (χ2n) is 18.7. The molecule has 2 heteroatoms. The van der Waals surface area contributed by atoms with Gasteiger partial charge in [0.25, 0.3) is 0 Å². The molecule has 2 aromatic heterocycles. The molecule has 0 N–H and O–H groups in total. The Morgan fingerprint density at radius 3 is 1.49 bits per heavy atom. The highest BCUT2D eigenvalue weighted by molar-refractivity contribution is 6.23. The van der Waals surface area contributed by atoms with Crippen LogP contribution in [0.3, 0.4) is 0 Å². The maximum Gasteiger partial charge on any atom is 0.137 e. The first-order valence-electron chi connectivity index (χ1n) is 23.6. The number of hydrogen-bond donors (Lipinski definition) is 0. The molecule has 0 radical (unpaired) electrons. The van der Waals surface area contributed by atoms with Crippen LogP contribution in [0.4, 0.5) is 0 Å². The topological polar surface area (TPSA) is 17.3 Å². The molecule has 320 valence electrons. The fourth-order valence-electron chi connectivity index (χ4n) is 11.1. The minimum absolute atomic E-state index is 0.170. The Morgan fingerprint density at radius 2 is 0.809 bits per heavy atom. The molecule has 2 nitrogen and oxygen atoms in total. The van der Waals surface area contributed by atoms with Gasteiger partial charge in [-0.1, -0.05) is 208 Å². The normalized spacial score (nSPS) is 12.7. The van der Waals surface area contributed by atoms with Crippen LogP contribution in [0.15, 0.2) is 243 Å². The van der Waals surface area contributed by atoms with E-state index in [1.54, 1.807) is 0 Å². The molecule has 0 spiro atoms. The SMILES string of the molecule is CC1(C)c2ccccc2-c2cc3c(-c4cccc(-c5ccccc5)c4)c4ccc(-c5ccc(-c6nc7ccccn7c6-c6ccccc6)cc5)cc4c(-c4cccc(-c5ccccc5)c4)c3cc21. The van der Waals surface area contributed by atoms with Crippen LogP contribution >= 0.6 is 0 Å². The van der Waals surface area contributed by atoms with E-state index in [1.165, 1.54) is 93.9 Å². The van der Waals surface area contributed by atoms with Crippen LogP contribution in [0.25, 0.3) is 116 Å². The van der Waals surface area contributed by atoms with E-state index in [2.05, 4.69) is 261 Å². The van der Waals surface area contributed by atoms with Crippen molar-refractivity contribution in [3.8, 4) is 89.3 Å². The number of fused-ring (bicyclic) bond motifs is 6. The zero-order valence-electron chi connectivity index (χ0n) is 38.0. The third-order valence-corrected chi connectivity index (χ3v) is 14.4. The number of benzene rings is 10. The van der Waals surface area contributed by atoms with Crippen LogP contribution in [-0.4, -0.2) is 9.38 Å². The van der Waals surface area contributed by atoms with Gasteiger partial charge in [0.2, 0.25) is 0 Å². The Kier molecular flexibility index (Phi) is 9.23. The lowest BCUT2D eigenvalue weighted by Gasteiger charge is -2.24. The first kappa shape index (κ1) is 39.7. The van der Waals surface area contributed by atoms with E-state index in [0.29, 0.717) is 0 Å². The molecule has 1 aliphatic rings. The highest BCUT2D eigenvalue weighted by Crippen LogP contribution is 2.54. The highest BCUT2D eigenvalue weighted by Gasteiger charge is 2.36. The van der Waals surface area contributed by atoms with E-state index in [0.717, 1.165) is 33.7 Å². The molecule has 0 aliphatic heterocycles. The van der Waals surface area contributed by atoms with Crippen molar-refractivity contribution in [1.29, 1.82) is 0 Å². The summed E-state index contributed by atoms with van der Waals surface area (Å²) in [7, 11) is 0. The molecule has 0 fully saturated rings. The van der Waals surface area contributed by atoms with Crippen molar-refractivity contribution in [2.75, 3.05) is 0 Å². The molecule has 68 heavy (non-hydrogen) atoms. The zero-order valence-corrected chi connectivity index (χ0v) is 38.0. The van der Waals surface area contributed by atoms with Gasteiger partial charge in [-0.2, -0.15) is 0 Å². The summed E-state index contributed by atoms with van der Waals surface area (Å²) >= 11 is 0. The second-order valence-corrected chi connectivity index (χ2v) is 18.7. The molecule has 13 rings (SSSR count). The second kappa shape index (κ2) is 15.8. The lowest BCUT2D eigenvalue weighted by atomic mass is 9.79.